The van der Waals surface area contributed by atoms with E-state index in [9.17, 15) is 19.5 Å². The van der Waals surface area contributed by atoms with Gasteiger partial charge in [-0.25, -0.2) is 0 Å². The van der Waals surface area contributed by atoms with Gasteiger partial charge in [-0.05, 0) is 43.5 Å². The van der Waals surface area contributed by atoms with E-state index in [1.165, 1.54) is 0 Å². The van der Waals surface area contributed by atoms with E-state index >= 15 is 0 Å². The van der Waals surface area contributed by atoms with Crippen LogP contribution in [0.15, 0.2) is 48.5 Å². The molecule has 5 rings (SSSR count). The van der Waals surface area contributed by atoms with Crippen LogP contribution in [0.25, 0.3) is 0 Å². The van der Waals surface area contributed by atoms with Crippen molar-refractivity contribution in [2.75, 3.05) is 57.7 Å². The van der Waals surface area contributed by atoms with E-state index < -0.39 is 5.60 Å². The maximum atomic E-state index is 13.1. The maximum absolute atomic E-state index is 13.1. The number of hydrogen-bond donors (Lipinski definition) is 2. The second-order valence-corrected chi connectivity index (χ2v) is 11.7. The van der Waals surface area contributed by atoms with Crippen molar-refractivity contribution in [3.8, 4) is 0 Å². The molecule has 2 N–H and O–H groups in total. The number of nitrogens with one attached hydrogen (secondary N) is 1. The number of anilines is 1. The summed E-state index contributed by atoms with van der Waals surface area (Å²) in [5.41, 5.74) is 0.456. The van der Waals surface area contributed by atoms with E-state index in [4.69, 9.17) is 11.6 Å². The Hall–Kier alpha value is -3.14. The quantitative estimate of drug-likeness (QED) is 0.557. The van der Waals surface area contributed by atoms with Crippen LogP contribution in [-0.4, -0.2) is 107 Å². The van der Waals surface area contributed by atoms with Crippen molar-refractivity contribution in [2.45, 2.75) is 44.4 Å². The molecule has 3 aliphatic rings. The molecule has 2 aromatic rings. The van der Waals surface area contributed by atoms with Crippen LogP contribution in [0.1, 0.15) is 42.6 Å². The van der Waals surface area contributed by atoms with Gasteiger partial charge in [0, 0.05) is 71.0 Å². The molecule has 40 heavy (non-hydrogen) atoms. The number of hydrogen-bond acceptors (Lipinski definition) is 6. The van der Waals surface area contributed by atoms with E-state index in [0.717, 1.165) is 31.6 Å². The molecule has 3 heterocycles. The number of nitrogens with zero attached hydrogens (tertiary/aromatic N) is 4. The molecule has 0 unspecified atom stereocenters. The van der Waals surface area contributed by atoms with Crippen molar-refractivity contribution in [1.29, 1.82) is 0 Å². The fourth-order valence-electron chi connectivity index (χ4n) is 5.94. The van der Waals surface area contributed by atoms with Gasteiger partial charge in [-0.2, -0.15) is 0 Å². The third-order valence-corrected chi connectivity index (χ3v) is 8.83. The highest BCUT2D eigenvalue weighted by Crippen LogP contribution is 2.29. The molecular formula is C30H38ClN5O4. The first-order valence-electron chi connectivity index (χ1n) is 14.1. The second-order valence-electron chi connectivity index (χ2n) is 11.2. The molecule has 0 spiro atoms. The number of likely N-dealkylation sites (tertiary alicyclic amines) is 2. The van der Waals surface area contributed by atoms with Gasteiger partial charge in [-0.3, -0.25) is 19.3 Å². The fraction of sp³-hybridized carbons (Fsp3) is 0.500. The van der Waals surface area contributed by atoms with Crippen molar-refractivity contribution in [1.82, 2.24) is 19.6 Å². The van der Waals surface area contributed by atoms with Crippen LogP contribution in [0.4, 0.5) is 5.69 Å². The van der Waals surface area contributed by atoms with Crippen LogP contribution >= 0.6 is 11.6 Å². The Kier molecular flexibility index (Phi) is 8.35. The van der Waals surface area contributed by atoms with Crippen LogP contribution in [0.3, 0.4) is 0 Å². The van der Waals surface area contributed by atoms with Crippen LogP contribution in [0.2, 0.25) is 5.02 Å². The van der Waals surface area contributed by atoms with Gasteiger partial charge < -0.3 is 25.1 Å². The Morgan fingerprint density at radius 1 is 0.900 bits per heavy atom. The van der Waals surface area contributed by atoms with E-state index in [1.807, 2.05) is 30.3 Å². The first kappa shape index (κ1) is 28.4. The highest BCUT2D eigenvalue weighted by Gasteiger charge is 2.40. The highest BCUT2D eigenvalue weighted by molar-refractivity contribution is 6.34. The summed E-state index contributed by atoms with van der Waals surface area (Å²) >= 11 is 6.52. The molecule has 3 aliphatic heterocycles. The Balaban J connectivity index is 1.07. The van der Waals surface area contributed by atoms with E-state index in [0.29, 0.717) is 61.5 Å². The third kappa shape index (κ3) is 5.96. The number of rotatable bonds is 6. The van der Waals surface area contributed by atoms with E-state index in [-0.39, 0.29) is 23.8 Å². The number of carbonyl (C=O) groups is 3. The van der Waals surface area contributed by atoms with Crippen molar-refractivity contribution in [3.05, 3.63) is 64.7 Å². The summed E-state index contributed by atoms with van der Waals surface area (Å²) in [4.78, 5) is 45.3. The summed E-state index contributed by atoms with van der Waals surface area (Å²) in [5, 5.41) is 14.9. The zero-order chi connectivity index (χ0) is 28.4. The SMILES string of the molecule is CC(=O)N1CCN(C(=O)c2ccc(NC3CN(C4CCN(C(=O)[C@@](C)(O)c5ccccc5)CC4)C3)cc2Cl)CC1. The molecule has 0 radical (unpaired) electrons. The van der Waals surface area contributed by atoms with Gasteiger partial charge >= 0.3 is 0 Å². The number of piperidine rings is 1. The summed E-state index contributed by atoms with van der Waals surface area (Å²) < 4.78 is 0. The number of carbonyl (C=O) groups excluding carboxylic acids is 3. The number of halogens is 1. The van der Waals surface area contributed by atoms with Crippen molar-refractivity contribution in [3.63, 3.8) is 0 Å². The van der Waals surface area contributed by atoms with Crippen molar-refractivity contribution < 1.29 is 19.5 Å². The third-order valence-electron chi connectivity index (χ3n) is 8.51. The molecule has 1 atom stereocenters. The largest absolute Gasteiger partial charge is 0.380 e. The first-order chi connectivity index (χ1) is 19.1. The van der Waals surface area contributed by atoms with Crippen LogP contribution in [0.5, 0.6) is 0 Å². The number of aliphatic hydroxyl groups is 1. The first-order valence-corrected chi connectivity index (χ1v) is 14.4. The Bertz CT molecular complexity index is 1230. The number of piperazine rings is 1. The predicted octanol–water partition coefficient (Wildman–Crippen LogP) is 2.64. The minimum Gasteiger partial charge on any atom is -0.380 e. The van der Waals surface area contributed by atoms with Crippen LogP contribution < -0.4 is 5.32 Å². The molecule has 10 heteroatoms. The molecule has 214 valence electrons. The zero-order valence-corrected chi connectivity index (χ0v) is 23.9. The van der Waals surface area contributed by atoms with Gasteiger partial charge in [-0.15, -0.1) is 0 Å². The molecular weight excluding hydrogens is 530 g/mol. The summed E-state index contributed by atoms with van der Waals surface area (Å²) in [6, 6.07) is 15.3. The average molecular weight is 568 g/mol. The molecule has 3 saturated heterocycles. The lowest BCUT2D eigenvalue weighted by molar-refractivity contribution is -0.152. The monoisotopic (exact) mass is 567 g/mol. The Morgan fingerprint density at radius 3 is 2.12 bits per heavy atom. The van der Waals surface area contributed by atoms with Crippen LogP contribution in [0, 0.1) is 0 Å². The molecule has 3 amide bonds. The average Bonchev–Trinajstić information content (AvgIpc) is 2.94. The minimum atomic E-state index is -1.52. The van der Waals surface area contributed by atoms with E-state index in [1.54, 1.807) is 46.7 Å². The van der Waals surface area contributed by atoms with Gasteiger partial charge in [0.25, 0.3) is 11.8 Å². The lowest BCUT2D eigenvalue weighted by atomic mass is 9.92. The molecule has 0 bridgehead atoms. The molecule has 0 saturated carbocycles. The lowest BCUT2D eigenvalue weighted by Crippen LogP contribution is -2.61. The number of amides is 3. The Morgan fingerprint density at radius 2 is 1.52 bits per heavy atom. The standard InChI is InChI=1S/C30H38ClN5O4/c1-21(37)33-14-16-34(17-15-33)28(38)26-9-8-23(18-27(26)31)32-24-19-36(20-24)25-10-12-35(13-11-25)29(39)30(2,40)22-6-4-3-5-7-22/h3-9,18,24-25,32,40H,10-17,19-20H2,1-2H3/t30-/m0/s1. The van der Waals surface area contributed by atoms with E-state index in [2.05, 4.69) is 10.2 Å². The van der Waals surface area contributed by atoms with Crippen LogP contribution in [-0.2, 0) is 15.2 Å². The Labute approximate surface area is 240 Å². The summed E-state index contributed by atoms with van der Waals surface area (Å²) in [6.07, 6.45) is 1.76. The molecule has 3 fully saturated rings. The van der Waals surface area contributed by atoms with Gasteiger partial charge in [0.2, 0.25) is 5.91 Å². The normalized spacial score (nSPS) is 20.6. The molecule has 2 aromatic carbocycles. The minimum absolute atomic E-state index is 0.0313. The maximum Gasteiger partial charge on any atom is 0.258 e. The van der Waals surface area contributed by atoms with Gasteiger partial charge in [0.05, 0.1) is 16.6 Å². The number of benzene rings is 2. The van der Waals surface area contributed by atoms with Crippen molar-refractivity contribution in [2.24, 2.45) is 0 Å². The van der Waals surface area contributed by atoms with Gasteiger partial charge in [0.1, 0.15) is 0 Å². The molecule has 0 aromatic heterocycles. The van der Waals surface area contributed by atoms with Gasteiger partial charge in [-0.1, -0.05) is 41.9 Å². The molecule has 9 nitrogen and oxygen atoms in total. The zero-order valence-electron chi connectivity index (χ0n) is 23.2. The fourth-order valence-corrected chi connectivity index (χ4v) is 6.20. The smallest absolute Gasteiger partial charge is 0.258 e. The summed E-state index contributed by atoms with van der Waals surface area (Å²) in [7, 11) is 0. The van der Waals surface area contributed by atoms with Crippen molar-refractivity contribution >= 4 is 35.0 Å². The van der Waals surface area contributed by atoms with Gasteiger partial charge in [0.15, 0.2) is 5.60 Å². The highest BCUT2D eigenvalue weighted by atomic mass is 35.5. The second kappa shape index (κ2) is 11.8. The topological polar surface area (TPSA) is 96.4 Å². The summed E-state index contributed by atoms with van der Waals surface area (Å²) in [6.45, 7) is 8.30. The predicted molar refractivity (Wildman–Crippen MR) is 154 cm³/mol. The lowest BCUT2D eigenvalue weighted by Gasteiger charge is -2.48. The molecule has 0 aliphatic carbocycles. The summed E-state index contributed by atoms with van der Waals surface area (Å²) in [5.74, 6) is -0.314.